The van der Waals surface area contributed by atoms with Crippen molar-refractivity contribution < 1.29 is 33.9 Å². The predicted molar refractivity (Wildman–Crippen MR) is 137 cm³/mol. The summed E-state index contributed by atoms with van der Waals surface area (Å²) in [6.07, 6.45) is 0.868. The number of carbonyl (C=O) groups excluding carboxylic acids is 3. The first-order valence-corrected chi connectivity index (χ1v) is 14.0. The highest BCUT2D eigenvalue weighted by Gasteiger charge is 2.54. The average molecular weight is 560 g/mol. The number of nitrogen functional groups attached to an aromatic ring is 1. The minimum Gasteiger partial charge on any atom is -0.477 e. The summed E-state index contributed by atoms with van der Waals surface area (Å²) >= 11 is 3.92. The van der Waals surface area contributed by atoms with Crippen molar-refractivity contribution in [1.82, 2.24) is 20.7 Å². The number of rotatable bonds is 11. The van der Waals surface area contributed by atoms with Crippen molar-refractivity contribution in [3.8, 4) is 0 Å². The summed E-state index contributed by atoms with van der Waals surface area (Å²) in [5.41, 5.74) is 7.71. The molecule has 2 unspecified atom stereocenters. The fourth-order valence-electron chi connectivity index (χ4n) is 3.40. The Bertz CT molecular complexity index is 1050. The Hall–Kier alpha value is -2.33. The van der Waals surface area contributed by atoms with Crippen LogP contribution in [0.2, 0.25) is 0 Å². The van der Waals surface area contributed by atoms with Gasteiger partial charge in [0.1, 0.15) is 22.7 Å². The van der Waals surface area contributed by atoms with E-state index in [-0.39, 0.29) is 16.5 Å². The summed E-state index contributed by atoms with van der Waals surface area (Å²) in [6, 6.07) is -2.11. The molecule has 0 spiro atoms. The number of fused-ring (bicyclic) bond motifs is 1. The molecular formula is C21H29N5O7S3. The van der Waals surface area contributed by atoms with Gasteiger partial charge in [-0.3, -0.25) is 19.3 Å². The lowest BCUT2D eigenvalue weighted by atomic mass is 10.0. The third-order valence-corrected chi connectivity index (χ3v) is 8.28. The number of amides is 2. The lowest BCUT2D eigenvalue weighted by molar-refractivity contribution is -0.165. The van der Waals surface area contributed by atoms with Crippen LogP contribution < -0.4 is 16.5 Å². The SMILES string of the molecule is CCCSC1=C(C(=O)O)N2C(=O)C(NC(=O)C(NOCC(=O)OC(C)(C)C)c3csc(N)n3)[C@H]2SC1. The van der Waals surface area contributed by atoms with Gasteiger partial charge in [0.2, 0.25) is 5.91 Å². The number of ether oxygens (including phenoxy) is 1. The number of hydroxylamine groups is 1. The van der Waals surface area contributed by atoms with Crippen LogP contribution in [0.4, 0.5) is 5.13 Å². The summed E-state index contributed by atoms with van der Waals surface area (Å²) in [7, 11) is 0. The number of anilines is 1. The number of hydrogen-bond donors (Lipinski definition) is 4. The second kappa shape index (κ2) is 11.8. The maximum absolute atomic E-state index is 13.1. The summed E-state index contributed by atoms with van der Waals surface area (Å²) in [5.74, 6) is -1.80. The van der Waals surface area contributed by atoms with Gasteiger partial charge >= 0.3 is 11.9 Å². The molecule has 12 nitrogen and oxygen atoms in total. The van der Waals surface area contributed by atoms with Crippen LogP contribution in [-0.4, -0.2) is 73.9 Å². The van der Waals surface area contributed by atoms with Crippen LogP contribution >= 0.6 is 34.9 Å². The number of carboxylic acids is 1. The van der Waals surface area contributed by atoms with Gasteiger partial charge in [-0.25, -0.2) is 14.6 Å². The molecule has 198 valence electrons. The van der Waals surface area contributed by atoms with Gasteiger partial charge in [0.25, 0.3) is 5.91 Å². The number of thioether (sulfide) groups is 2. The molecule has 2 aliphatic rings. The number of hydrogen-bond acceptors (Lipinski definition) is 12. The molecule has 0 radical (unpaired) electrons. The Labute approximate surface area is 220 Å². The molecule has 1 aromatic heterocycles. The van der Waals surface area contributed by atoms with E-state index in [9.17, 15) is 24.3 Å². The number of nitrogens with one attached hydrogen (secondary N) is 2. The van der Waals surface area contributed by atoms with Gasteiger partial charge in [-0.2, -0.15) is 5.48 Å². The summed E-state index contributed by atoms with van der Waals surface area (Å²) in [6.45, 7) is 6.66. The number of aromatic nitrogens is 1. The highest BCUT2D eigenvalue weighted by atomic mass is 32.2. The highest BCUT2D eigenvalue weighted by molar-refractivity contribution is 8.06. The number of carbonyl (C=O) groups is 4. The Morgan fingerprint density at radius 1 is 1.39 bits per heavy atom. The van der Waals surface area contributed by atoms with Crippen LogP contribution in [0.1, 0.15) is 45.9 Å². The number of β-lactam (4-membered cyclic amide) rings is 1. The standard InChI is InChI=1S/C21H29N5O7S3/c1-5-6-34-11-9-35-18-14(17(29)26(18)15(11)19(30)31)24-16(28)13(10-8-36-20(22)23-10)25-32-7-12(27)33-21(2,3)4/h8,13-14,18,25H,5-7,9H2,1-4H3,(H2,22,23)(H,24,28)(H,30,31)/t13?,14?,18-/m1/s1. The van der Waals surface area contributed by atoms with Crippen LogP contribution in [0.3, 0.4) is 0 Å². The van der Waals surface area contributed by atoms with Crippen molar-refractivity contribution in [2.75, 3.05) is 23.8 Å². The van der Waals surface area contributed by atoms with Crippen molar-refractivity contribution in [1.29, 1.82) is 0 Å². The molecular weight excluding hydrogens is 530 g/mol. The zero-order valence-electron chi connectivity index (χ0n) is 20.2. The predicted octanol–water partition coefficient (Wildman–Crippen LogP) is 1.47. The minimum absolute atomic E-state index is 0.0321. The van der Waals surface area contributed by atoms with E-state index >= 15 is 0 Å². The first-order chi connectivity index (χ1) is 16.9. The fraction of sp³-hybridized carbons (Fsp3) is 0.571. The van der Waals surface area contributed by atoms with E-state index in [2.05, 4.69) is 15.8 Å². The molecule has 15 heteroatoms. The third kappa shape index (κ3) is 6.70. The van der Waals surface area contributed by atoms with Crippen molar-refractivity contribution in [2.45, 2.75) is 57.2 Å². The van der Waals surface area contributed by atoms with Crippen molar-refractivity contribution >= 4 is 63.7 Å². The average Bonchev–Trinajstić information content (AvgIpc) is 3.22. The molecule has 2 amide bonds. The molecule has 0 aliphatic carbocycles. The van der Waals surface area contributed by atoms with E-state index in [1.165, 1.54) is 28.4 Å². The Morgan fingerprint density at radius 3 is 2.69 bits per heavy atom. The summed E-state index contributed by atoms with van der Waals surface area (Å²) in [4.78, 5) is 61.1. The number of esters is 1. The van der Waals surface area contributed by atoms with Gasteiger partial charge in [0, 0.05) is 16.0 Å². The minimum atomic E-state index is -1.18. The number of carboxylic acid groups (broad SMARTS) is 1. The third-order valence-electron chi connectivity index (χ3n) is 4.82. The van der Waals surface area contributed by atoms with Crippen LogP contribution in [0.15, 0.2) is 16.0 Å². The summed E-state index contributed by atoms with van der Waals surface area (Å²) in [5, 5.41) is 13.6. The normalized spacial score (nSPS) is 20.4. The van der Waals surface area contributed by atoms with Crippen molar-refractivity contribution in [2.24, 2.45) is 0 Å². The van der Waals surface area contributed by atoms with Gasteiger partial charge < -0.3 is 20.9 Å². The summed E-state index contributed by atoms with van der Waals surface area (Å²) < 4.78 is 5.17. The lowest BCUT2D eigenvalue weighted by Gasteiger charge is -2.49. The topological polar surface area (TPSA) is 173 Å². The maximum atomic E-state index is 13.1. The second-order valence-corrected chi connectivity index (χ2v) is 12.0. The zero-order valence-corrected chi connectivity index (χ0v) is 22.7. The quantitative estimate of drug-likeness (QED) is 0.175. The highest BCUT2D eigenvalue weighted by Crippen LogP contribution is 2.43. The van der Waals surface area contributed by atoms with Gasteiger partial charge in [-0.1, -0.05) is 6.92 Å². The first-order valence-electron chi connectivity index (χ1n) is 11.1. The molecule has 36 heavy (non-hydrogen) atoms. The molecule has 0 aromatic carbocycles. The smallest absolute Gasteiger partial charge is 0.353 e. The van der Waals surface area contributed by atoms with Gasteiger partial charge in [-0.15, -0.1) is 34.9 Å². The maximum Gasteiger partial charge on any atom is 0.353 e. The van der Waals surface area contributed by atoms with E-state index in [0.717, 1.165) is 23.5 Å². The molecule has 1 saturated heterocycles. The van der Waals surface area contributed by atoms with E-state index in [4.69, 9.17) is 15.3 Å². The Kier molecular flexibility index (Phi) is 9.27. The number of aliphatic carboxylic acids is 1. The first kappa shape index (κ1) is 28.2. The number of nitrogens with two attached hydrogens (primary N) is 1. The molecule has 0 saturated carbocycles. The Balaban J connectivity index is 1.69. The molecule has 5 N–H and O–H groups in total. The number of thiazole rings is 1. The fourth-order valence-corrected chi connectivity index (χ4v) is 6.49. The largest absolute Gasteiger partial charge is 0.477 e. The second-order valence-electron chi connectivity index (χ2n) is 8.86. The van der Waals surface area contributed by atoms with E-state index < -0.39 is 53.4 Å². The van der Waals surface area contributed by atoms with Crippen molar-refractivity contribution in [3.63, 3.8) is 0 Å². The van der Waals surface area contributed by atoms with Gasteiger partial charge in [0.05, 0.1) is 5.69 Å². The van der Waals surface area contributed by atoms with Crippen LogP contribution in [0.5, 0.6) is 0 Å². The van der Waals surface area contributed by atoms with Crippen molar-refractivity contribution in [3.05, 3.63) is 21.7 Å². The van der Waals surface area contributed by atoms with E-state index in [0.29, 0.717) is 10.7 Å². The Morgan fingerprint density at radius 2 is 2.11 bits per heavy atom. The van der Waals surface area contributed by atoms with Crippen LogP contribution in [0.25, 0.3) is 0 Å². The van der Waals surface area contributed by atoms with E-state index in [1.54, 1.807) is 26.2 Å². The van der Waals surface area contributed by atoms with Crippen LogP contribution in [-0.2, 0) is 28.8 Å². The van der Waals surface area contributed by atoms with Gasteiger partial charge in [-0.05, 0) is 32.9 Å². The molecule has 1 aromatic rings. The lowest BCUT2D eigenvalue weighted by Crippen LogP contribution is -2.71. The van der Waals surface area contributed by atoms with Crippen LogP contribution in [0, 0.1) is 0 Å². The molecule has 3 heterocycles. The molecule has 3 rings (SSSR count). The van der Waals surface area contributed by atoms with Gasteiger partial charge in [0.15, 0.2) is 17.8 Å². The molecule has 2 aliphatic heterocycles. The van der Waals surface area contributed by atoms with E-state index in [1.807, 2.05) is 6.92 Å². The monoisotopic (exact) mass is 559 g/mol. The molecule has 3 atom stereocenters. The molecule has 1 fully saturated rings. The molecule has 0 bridgehead atoms. The zero-order chi connectivity index (χ0) is 26.6. The number of nitrogens with zero attached hydrogens (tertiary/aromatic N) is 2.